The van der Waals surface area contributed by atoms with Crippen LogP contribution in [0.25, 0.3) is 0 Å². The van der Waals surface area contributed by atoms with Gasteiger partial charge in [-0.3, -0.25) is 10.1 Å². The number of benzene rings is 1. The first-order valence-electron chi connectivity index (χ1n) is 4.86. The molecule has 1 saturated carbocycles. The van der Waals surface area contributed by atoms with Crippen molar-refractivity contribution in [2.24, 2.45) is 5.73 Å². The molecule has 1 aromatic carbocycles. The van der Waals surface area contributed by atoms with Gasteiger partial charge < -0.3 is 10.5 Å². The molecule has 0 bridgehead atoms. The first-order valence-corrected chi connectivity index (χ1v) is 4.86. The van der Waals surface area contributed by atoms with Crippen LogP contribution in [0.4, 0.5) is 10.1 Å². The molecule has 0 atom stereocenters. The van der Waals surface area contributed by atoms with E-state index in [4.69, 9.17) is 10.5 Å². The van der Waals surface area contributed by atoms with Crippen molar-refractivity contribution in [3.05, 3.63) is 34.1 Å². The van der Waals surface area contributed by atoms with Crippen LogP contribution in [0.2, 0.25) is 0 Å². The quantitative estimate of drug-likeness (QED) is 0.665. The monoisotopic (exact) mass is 262 g/mol. The Morgan fingerprint density at radius 3 is 2.71 bits per heavy atom. The molecule has 0 unspecified atom stereocenters. The maximum atomic E-state index is 12.9. The predicted molar refractivity (Wildman–Crippen MR) is 61.9 cm³/mol. The third-order valence-electron chi connectivity index (χ3n) is 2.53. The van der Waals surface area contributed by atoms with Gasteiger partial charge >= 0.3 is 5.69 Å². The normalized spacial score (nSPS) is 15.9. The summed E-state index contributed by atoms with van der Waals surface area (Å²) in [6, 6.07) is 3.12. The Bertz CT molecular complexity index is 438. The molecule has 2 N–H and O–H groups in total. The number of nitro groups is 1. The van der Waals surface area contributed by atoms with Crippen LogP contribution in [0.1, 0.15) is 12.8 Å². The Balaban J connectivity index is 0.00000144. The molecule has 2 rings (SSSR count). The highest BCUT2D eigenvalue weighted by molar-refractivity contribution is 5.85. The molecule has 94 valence electrons. The van der Waals surface area contributed by atoms with Crippen LogP contribution in [0.5, 0.6) is 5.75 Å². The van der Waals surface area contributed by atoms with Gasteiger partial charge in [0.25, 0.3) is 0 Å². The molecular weight excluding hydrogens is 251 g/mol. The fraction of sp³-hybridized carbons (Fsp3) is 0.400. The minimum absolute atomic E-state index is 0. The maximum Gasteiger partial charge on any atom is 0.311 e. The fourth-order valence-electron chi connectivity index (χ4n) is 1.28. The van der Waals surface area contributed by atoms with Gasteiger partial charge in [-0.05, 0) is 18.9 Å². The molecule has 1 aliphatic rings. The summed E-state index contributed by atoms with van der Waals surface area (Å²) in [5.41, 5.74) is 5.14. The average Bonchev–Trinajstić information content (AvgIpc) is 2.94. The van der Waals surface area contributed by atoms with Gasteiger partial charge in [0, 0.05) is 12.1 Å². The van der Waals surface area contributed by atoms with Gasteiger partial charge in [0.1, 0.15) is 12.4 Å². The van der Waals surface area contributed by atoms with Crippen molar-refractivity contribution in [3.8, 4) is 5.75 Å². The van der Waals surface area contributed by atoms with Crippen molar-refractivity contribution in [3.63, 3.8) is 0 Å². The van der Waals surface area contributed by atoms with Crippen molar-refractivity contribution >= 4 is 18.1 Å². The number of halogens is 2. The van der Waals surface area contributed by atoms with E-state index in [1.165, 1.54) is 0 Å². The van der Waals surface area contributed by atoms with Crippen LogP contribution in [-0.2, 0) is 0 Å². The van der Waals surface area contributed by atoms with E-state index in [9.17, 15) is 14.5 Å². The van der Waals surface area contributed by atoms with Crippen LogP contribution in [-0.4, -0.2) is 17.1 Å². The molecule has 0 heterocycles. The van der Waals surface area contributed by atoms with Gasteiger partial charge in [-0.25, -0.2) is 4.39 Å². The highest BCUT2D eigenvalue weighted by Gasteiger charge is 2.39. The zero-order valence-electron chi connectivity index (χ0n) is 8.89. The Kier molecular flexibility index (Phi) is 3.90. The van der Waals surface area contributed by atoms with Crippen molar-refractivity contribution in [1.82, 2.24) is 0 Å². The molecule has 7 heteroatoms. The lowest BCUT2D eigenvalue weighted by Gasteiger charge is -2.11. The number of hydrogen-bond donors (Lipinski definition) is 1. The molecule has 0 saturated heterocycles. The summed E-state index contributed by atoms with van der Waals surface area (Å²) >= 11 is 0. The highest BCUT2D eigenvalue weighted by Crippen LogP contribution is 2.34. The molecule has 5 nitrogen and oxygen atoms in total. The van der Waals surface area contributed by atoms with Gasteiger partial charge in [-0.1, -0.05) is 0 Å². The summed E-state index contributed by atoms with van der Waals surface area (Å²) in [5.74, 6) is -0.635. The molecule has 0 aliphatic heterocycles. The van der Waals surface area contributed by atoms with E-state index >= 15 is 0 Å². The Morgan fingerprint density at radius 2 is 2.18 bits per heavy atom. The van der Waals surface area contributed by atoms with Crippen LogP contribution in [0.15, 0.2) is 18.2 Å². The van der Waals surface area contributed by atoms with E-state index in [1.54, 1.807) is 0 Å². The van der Waals surface area contributed by atoms with E-state index in [2.05, 4.69) is 0 Å². The van der Waals surface area contributed by atoms with Gasteiger partial charge in [-0.2, -0.15) is 0 Å². The minimum Gasteiger partial charge on any atom is -0.485 e. The topological polar surface area (TPSA) is 78.4 Å². The third kappa shape index (κ3) is 3.28. The Labute approximate surface area is 103 Å². The molecule has 17 heavy (non-hydrogen) atoms. The van der Waals surface area contributed by atoms with E-state index in [-0.39, 0.29) is 36.0 Å². The smallest absolute Gasteiger partial charge is 0.311 e. The van der Waals surface area contributed by atoms with Gasteiger partial charge in [0.15, 0.2) is 5.75 Å². The van der Waals surface area contributed by atoms with Gasteiger partial charge in [0.05, 0.1) is 10.5 Å². The van der Waals surface area contributed by atoms with Gasteiger partial charge in [-0.15, -0.1) is 12.4 Å². The summed E-state index contributed by atoms with van der Waals surface area (Å²) in [5, 5.41) is 10.6. The highest BCUT2D eigenvalue weighted by atomic mass is 35.5. The molecule has 0 spiro atoms. The van der Waals surface area contributed by atoms with E-state index in [0.29, 0.717) is 0 Å². The molecule has 1 aromatic rings. The molecule has 0 aromatic heterocycles. The van der Waals surface area contributed by atoms with Gasteiger partial charge in [0.2, 0.25) is 0 Å². The summed E-state index contributed by atoms with van der Waals surface area (Å²) in [6.45, 7) is 0.178. The average molecular weight is 263 g/mol. The summed E-state index contributed by atoms with van der Waals surface area (Å²) in [7, 11) is 0. The first-order chi connectivity index (χ1) is 7.50. The summed E-state index contributed by atoms with van der Waals surface area (Å²) < 4.78 is 18.1. The number of ether oxygens (including phenoxy) is 1. The summed E-state index contributed by atoms with van der Waals surface area (Å²) in [4.78, 5) is 10.0. The second-order valence-corrected chi connectivity index (χ2v) is 4.02. The van der Waals surface area contributed by atoms with Crippen LogP contribution in [0.3, 0.4) is 0 Å². The standard InChI is InChI=1S/C10H11FN2O3.ClH/c11-7-1-2-8(13(14)15)9(5-7)16-6-10(12)3-4-10;/h1-2,5H,3-4,6,12H2;1H. The number of rotatable bonds is 4. The van der Waals surface area contributed by atoms with Crippen LogP contribution < -0.4 is 10.5 Å². The van der Waals surface area contributed by atoms with Crippen LogP contribution >= 0.6 is 12.4 Å². The Hall–Kier alpha value is -1.40. The SMILES string of the molecule is Cl.NC1(COc2cc(F)ccc2[N+](=O)[O-])CC1. The number of nitrogens with two attached hydrogens (primary N) is 1. The van der Waals surface area contributed by atoms with Crippen molar-refractivity contribution in [2.75, 3.05) is 6.61 Å². The second-order valence-electron chi connectivity index (χ2n) is 4.02. The zero-order valence-corrected chi connectivity index (χ0v) is 9.71. The van der Waals surface area contributed by atoms with Crippen LogP contribution in [0, 0.1) is 15.9 Å². The molecule has 0 amide bonds. The molecule has 1 aliphatic carbocycles. The zero-order chi connectivity index (χ0) is 11.8. The van der Waals surface area contributed by atoms with E-state index in [1.807, 2.05) is 0 Å². The number of hydrogen-bond acceptors (Lipinski definition) is 4. The lowest BCUT2D eigenvalue weighted by atomic mass is 10.3. The minimum atomic E-state index is -0.606. The largest absolute Gasteiger partial charge is 0.485 e. The maximum absolute atomic E-state index is 12.9. The lowest BCUT2D eigenvalue weighted by Crippen LogP contribution is -2.29. The second kappa shape index (κ2) is 4.85. The number of nitro benzene ring substituents is 1. The predicted octanol–water partition coefficient (Wildman–Crippen LogP) is 2.03. The molecule has 0 radical (unpaired) electrons. The van der Waals surface area contributed by atoms with Crippen molar-refractivity contribution < 1.29 is 14.1 Å². The van der Waals surface area contributed by atoms with Crippen molar-refractivity contribution in [2.45, 2.75) is 18.4 Å². The Morgan fingerprint density at radius 1 is 1.53 bits per heavy atom. The van der Waals surface area contributed by atoms with E-state index < -0.39 is 10.7 Å². The number of nitrogens with zero attached hydrogens (tertiary/aromatic N) is 1. The third-order valence-corrected chi connectivity index (χ3v) is 2.53. The summed E-state index contributed by atoms with van der Waals surface area (Å²) in [6.07, 6.45) is 1.66. The van der Waals surface area contributed by atoms with Crippen molar-refractivity contribution in [1.29, 1.82) is 0 Å². The molecular formula is C10H12ClFN2O3. The first kappa shape index (κ1) is 13.7. The van der Waals surface area contributed by atoms with E-state index in [0.717, 1.165) is 31.0 Å². The molecule has 1 fully saturated rings. The lowest BCUT2D eigenvalue weighted by molar-refractivity contribution is -0.385. The fourth-order valence-corrected chi connectivity index (χ4v) is 1.28.